The molecule has 0 amide bonds. The van der Waals surface area contributed by atoms with E-state index in [1.54, 1.807) is 4.57 Å². The number of hydrogen-bond acceptors (Lipinski definition) is 1. The van der Waals surface area contributed by atoms with Gasteiger partial charge in [-0.2, -0.15) is 0 Å². The van der Waals surface area contributed by atoms with Crippen LogP contribution in [-0.2, 0) is 7.05 Å². The first-order valence-electron chi connectivity index (χ1n) is 9.28. The first kappa shape index (κ1) is 14.8. The topological polar surface area (TPSA) is 26.4 Å². The van der Waals surface area contributed by atoms with Crippen molar-refractivity contribution in [2.24, 2.45) is 7.05 Å². The lowest BCUT2D eigenvalue weighted by atomic mass is 9.83. The summed E-state index contributed by atoms with van der Waals surface area (Å²) in [5, 5.41) is 2.43. The van der Waals surface area contributed by atoms with Crippen LogP contribution in [0.2, 0.25) is 0 Å². The smallest absolute Gasteiger partial charge is 0.296 e. The Morgan fingerprint density at radius 1 is 0.840 bits per heavy atom. The summed E-state index contributed by atoms with van der Waals surface area (Å²) in [6.45, 7) is 0. The van der Waals surface area contributed by atoms with Gasteiger partial charge in [-0.25, -0.2) is 4.79 Å². The molecular weight excluding hydrogens is 308 g/mol. The van der Waals surface area contributed by atoms with E-state index in [1.807, 2.05) is 23.6 Å². The average molecular weight is 330 g/mol. The van der Waals surface area contributed by atoms with Crippen molar-refractivity contribution in [3.63, 3.8) is 0 Å². The van der Waals surface area contributed by atoms with Crippen molar-refractivity contribution in [3.05, 3.63) is 64.6 Å². The molecule has 1 aliphatic rings. The van der Waals surface area contributed by atoms with Crippen LogP contribution in [0.15, 0.2) is 53.3 Å². The van der Waals surface area contributed by atoms with Crippen molar-refractivity contribution in [2.45, 2.75) is 38.0 Å². The predicted octanol–water partition coefficient (Wildman–Crippen LogP) is 4.99. The molecule has 0 saturated heterocycles. The van der Waals surface area contributed by atoms with Crippen LogP contribution in [0.3, 0.4) is 0 Å². The van der Waals surface area contributed by atoms with Crippen molar-refractivity contribution in [2.75, 3.05) is 0 Å². The molecule has 0 radical (unpaired) electrons. The van der Waals surface area contributed by atoms with Crippen LogP contribution in [0.1, 0.15) is 43.6 Å². The first-order chi connectivity index (χ1) is 12.3. The van der Waals surface area contributed by atoms with Gasteiger partial charge in [0.1, 0.15) is 0 Å². The molecular formula is C22H22N2O. The van der Waals surface area contributed by atoms with Gasteiger partial charge >= 0.3 is 5.69 Å². The first-order valence-corrected chi connectivity index (χ1v) is 9.28. The van der Waals surface area contributed by atoms with Crippen LogP contribution in [0.4, 0.5) is 0 Å². The van der Waals surface area contributed by atoms with Crippen LogP contribution in [0.5, 0.6) is 0 Å². The number of para-hydroxylation sites is 2. The van der Waals surface area contributed by atoms with Gasteiger partial charge < -0.3 is 0 Å². The molecule has 0 spiro atoms. The van der Waals surface area contributed by atoms with Crippen LogP contribution in [-0.4, -0.2) is 8.97 Å². The van der Waals surface area contributed by atoms with E-state index in [4.69, 9.17) is 0 Å². The highest BCUT2D eigenvalue weighted by atomic mass is 16.1. The molecule has 2 aromatic carbocycles. The summed E-state index contributed by atoms with van der Waals surface area (Å²) in [5.74, 6) is 0.555. The van der Waals surface area contributed by atoms with Crippen molar-refractivity contribution in [1.29, 1.82) is 0 Å². The number of nitrogens with zero attached hydrogens (tertiary/aromatic N) is 2. The highest BCUT2D eigenvalue weighted by Crippen LogP contribution is 2.41. The van der Waals surface area contributed by atoms with Crippen LogP contribution in [0.25, 0.3) is 27.3 Å². The molecule has 4 aromatic rings. The molecule has 0 aliphatic heterocycles. The normalized spacial score (nSPS) is 16.2. The second kappa shape index (κ2) is 5.48. The third kappa shape index (κ3) is 2.02. The second-order valence-electron chi connectivity index (χ2n) is 7.31. The standard InChI is InChI=1S/C22H22N2O/c1-23-18-13-7-6-12-17(18)21-20(15-9-3-2-4-10-15)16-11-5-8-14-19(16)24(21)22(23)25/h5-8,11-15H,2-4,9-10H2,1H3. The van der Waals surface area contributed by atoms with Crippen LogP contribution >= 0.6 is 0 Å². The SMILES string of the molecule is Cn1c(=O)n2c3ccccc3c(C3CCCCC3)c2c2ccccc21. The molecule has 0 atom stereocenters. The molecule has 2 aromatic heterocycles. The Morgan fingerprint density at radius 2 is 1.48 bits per heavy atom. The molecule has 0 unspecified atom stereocenters. The van der Waals surface area contributed by atoms with Crippen molar-refractivity contribution < 1.29 is 0 Å². The molecule has 1 saturated carbocycles. The zero-order valence-corrected chi connectivity index (χ0v) is 14.5. The number of aromatic nitrogens is 2. The van der Waals surface area contributed by atoms with E-state index in [9.17, 15) is 4.79 Å². The molecule has 25 heavy (non-hydrogen) atoms. The quantitative estimate of drug-likeness (QED) is 0.483. The lowest BCUT2D eigenvalue weighted by molar-refractivity contribution is 0.447. The molecule has 1 fully saturated rings. The van der Waals surface area contributed by atoms with Crippen molar-refractivity contribution >= 4 is 27.3 Å². The number of fused-ring (bicyclic) bond motifs is 5. The molecule has 0 bridgehead atoms. The third-order valence-corrected chi connectivity index (χ3v) is 5.93. The van der Waals surface area contributed by atoms with E-state index in [0.29, 0.717) is 5.92 Å². The van der Waals surface area contributed by atoms with Crippen LogP contribution in [0, 0.1) is 0 Å². The maximum atomic E-state index is 13.2. The van der Waals surface area contributed by atoms with Gasteiger partial charge in [-0.1, -0.05) is 55.7 Å². The Bertz CT molecular complexity index is 1160. The minimum atomic E-state index is 0.0481. The Hall–Kier alpha value is -2.55. The molecule has 5 rings (SSSR count). The van der Waals surface area contributed by atoms with E-state index >= 15 is 0 Å². The minimum absolute atomic E-state index is 0.0481. The molecule has 3 heteroatoms. The number of aryl methyl sites for hydroxylation is 1. The third-order valence-electron chi connectivity index (χ3n) is 5.93. The highest BCUT2D eigenvalue weighted by molar-refractivity contribution is 6.04. The molecule has 1 aliphatic carbocycles. The van der Waals surface area contributed by atoms with Crippen molar-refractivity contribution in [1.82, 2.24) is 8.97 Å². The summed E-state index contributed by atoms with van der Waals surface area (Å²) in [4.78, 5) is 13.2. The largest absolute Gasteiger partial charge is 0.333 e. The van der Waals surface area contributed by atoms with Gasteiger partial charge in [0.15, 0.2) is 0 Å². The zero-order chi connectivity index (χ0) is 17.0. The lowest BCUT2D eigenvalue weighted by Gasteiger charge is -2.22. The lowest BCUT2D eigenvalue weighted by Crippen LogP contribution is -2.24. The van der Waals surface area contributed by atoms with E-state index in [0.717, 1.165) is 16.6 Å². The maximum Gasteiger partial charge on any atom is 0.333 e. The highest BCUT2D eigenvalue weighted by Gasteiger charge is 2.25. The van der Waals surface area contributed by atoms with E-state index in [1.165, 1.54) is 48.4 Å². The Balaban J connectivity index is 2.05. The predicted molar refractivity (Wildman–Crippen MR) is 103 cm³/mol. The minimum Gasteiger partial charge on any atom is -0.296 e. The van der Waals surface area contributed by atoms with Crippen molar-refractivity contribution in [3.8, 4) is 0 Å². The number of hydrogen-bond donors (Lipinski definition) is 0. The number of benzene rings is 2. The van der Waals surface area contributed by atoms with Gasteiger partial charge in [-0.15, -0.1) is 0 Å². The Kier molecular flexibility index (Phi) is 3.24. The van der Waals surface area contributed by atoms with Gasteiger partial charge in [0.25, 0.3) is 0 Å². The van der Waals surface area contributed by atoms with Crippen LogP contribution < -0.4 is 5.69 Å². The summed E-state index contributed by atoms with van der Waals surface area (Å²) >= 11 is 0. The van der Waals surface area contributed by atoms with Gasteiger partial charge in [0.2, 0.25) is 0 Å². The van der Waals surface area contributed by atoms with E-state index in [-0.39, 0.29) is 5.69 Å². The fraction of sp³-hybridized carbons (Fsp3) is 0.318. The fourth-order valence-corrected chi connectivity index (χ4v) is 4.75. The molecule has 3 nitrogen and oxygen atoms in total. The summed E-state index contributed by atoms with van der Waals surface area (Å²) < 4.78 is 3.72. The number of rotatable bonds is 1. The van der Waals surface area contributed by atoms with Gasteiger partial charge in [0, 0.05) is 17.8 Å². The monoisotopic (exact) mass is 330 g/mol. The zero-order valence-electron chi connectivity index (χ0n) is 14.5. The second-order valence-corrected chi connectivity index (χ2v) is 7.31. The summed E-state index contributed by atoms with van der Waals surface area (Å²) in [6, 6.07) is 16.7. The molecule has 0 N–H and O–H groups in total. The van der Waals surface area contributed by atoms with Gasteiger partial charge in [-0.05, 0) is 36.5 Å². The summed E-state index contributed by atoms with van der Waals surface area (Å²) in [6.07, 6.45) is 6.38. The molecule has 2 heterocycles. The van der Waals surface area contributed by atoms with E-state index in [2.05, 4.69) is 36.4 Å². The molecule has 126 valence electrons. The van der Waals surface area contributed by atoms with Gasteiger partial charge in [-0.3, -0.25) is 8.97 Å². The maximum absolute atomic E-state index is 13.2. The summed E-state index contributed by atoms with van der Waals surface area (Å²) in [7, 11) is 1.87. The Morgan fingerprint density at radius 3 is 2.24 bits per heavy atom. The Labute approximate surface area is 146 Å². The van der Waals surface area contributed by atoms with E-state index < -0.39 is 0 Å². The summed E-state index contributed by atoms with van der Waals surface area (Å²) in [5.41, 5.74) is 4.63. The van der Waals surface area contributed by atoms with Gasteiger partial charge in [0.05, 0.1) is 16.6 Å². The fourth-order valence-electron chi connectivity index (χ4n) is 4.75. The average Bonchev–Trinajstić information content (AvgIpc) is 3.02.